The van der Waals surface area contributed by atoms with Crippen molar-refractivity contribution >= 4 is 23.2 Å². The largest absolute Gasteiger partial charge is 0.484 e. The maximum Gasteiger partial charge on any atom is 0.255 e. The van der Waals surface area contributed by atoms with Crippen LogP contribution in [0.15, 0.2) is 35.5 Å². The molecule has 134 valence electrons. The molecule has 4 N–H and O–H groups in total. The average molecular weight is 361 g/mol. The van der Waals surface area contributed by atoms with E-state index in [2.05, 4.69) is 20.6 Å². The normalized spacial score (nSPS) is 11.2. The smallest absolute Gasteiger partial charge is 0.255 e. The summed E-state index contributed by atoms with van der Waals surface area (Å²) in [6.45, 7) is 5.80. The van der Waals surface area contributed by atoms with Crippen LogP contribution in [0.4, 0.5) is 0 Å². The number of primary amides is 1. The highest BCUT2D eigenvalue weighted by molar-refractivity contribution is 7.11. The summed E-state index contributed by atoms with van der Waals surface area (Å²) in [6.07, 6.45) is 1.86. The van der Waals surface area contributed by atoms with Crippen molar-refractivity contribution in [3.63, 3.8) is 0 Å². The number of nitrogens with two attached hydrogens (primary N) is 1. The molecular weight excluding hydrogens is 338 g/mol. The minimum atomic E-state index is -0.500. The Morgan fingerprint density at radius 3 is 2.92 bits per heavy atom. The molecular formula is C17H23N5O2S. The molecule has 0 fully saturated rings. The molecule has 1 aromatic heterocycles. The number of guanidine groups is 1. The summed E-state index contributed by atoms with van der Waals surface area (Å²) in [4.78, 5) is 20.9. The molecule has 0 aliphatic rings. The maximum absolute atomic E-state index is 10.8. The Hall–Kier alpha value is -2.61. The van der Waals surface area contributed by atoms with E-state index in [4.69, 9.17) is 10.5 Å². The Morgan fingerprint density at radius 2 is 2.24 bits per heavy atom. The molecule has 0 spiro atoms. The second-order valence-electron chi connectivity index (χ2n) is 5.32. The monoisotopic (exact) mass is 361 g/mol. The fourth-order valence-electron chi connectivity index (χ4n) is 2.04. The Morgan fingerprint density at radius 1 is 1.40 bits per heavy atom. The van der Waals surface area contributed by atoms with Gasteiger partial charge in [0.05, 0.1) is 13.1 Å². The minimum absolute atomic E-state index is 0.135. The average Bonchev–Trinajstić information content (AvgIpc) is 3.01. The van der Waals surface area contributed by atoms with Crippen molar-refractivity contribution in [2.45, 2.75) is 26.9 Å². The highest BCUT2D eigenvalue weighted by atomic mass is 32.1. The maximum atomic E-state index is 10.8. The lowest BCUT2D eigenvalue weighted by molar-refractivity contribution is -0.119. The molecule has 0 saturated heterocycles. The van der Waals surface area contributed by atoms with E-state index in [1.807, 2.05) is 38.2 Å². The van der Waals surface area contributed by atoms with Crippen LogP contribution in [0.5, 0.6) is 5.75 Å². The molecule has 0 bridgehead atoms. The number of nitrogens with zero attached hydrogens (tertiary/aromatic N) is 2. The van der Waals surface area contributed by atoms with Gasteiger partial charge in [0, 0.05) is 17.6 Å². The Bertz CT molecular complexity index is 729. The van der Waals surface area contributed by atoms with Crippen LogP contribution in [0, 0.1) is 6.92 Å². The second kappa shape index (κ2) is 9.63. The van der Waals surface area contributed by atoms with Crippen molar-refractivity contribution in [2.75, 3.05) is 13.2 Å². The number of aromatic nitrogens is 1. The van der Waals surface area contributed by atoms with Gasteiger partial charge in [-0.25, -0.2) is 9.98 Å². The van der Waals surface area contributed by atoms with Gasteiger partial charge in [0.1, 0.15) is 10.8 Å². The highest BCUT2D eigenvalue weighted by Gasteiger charge is 2.03. The van der Waals surface area contributed by atoms with Crippen molar-refractivity contribution in [1.82, 2.24) is 15.6 Å². The molecule has 1 aromatic carbocycles. The van der Waals surface area contributed by atoms with Gasteiger partial charge in [-0.3, -0.25) is 4.79 Å². The van der Waals surface area contributed by atoms with Gasteiger partial charge in [-0.15, -0.1) is 11.3 Å². The fourth-order valence-corrected chi connectivity index (χ4v) is 2.77. The van der Waals surface area contributed by atoms with Crippen molar-refractivity contribution in [3.8, 4) is 5.75 Å². The van der Waals surface area contributed by atoms with E-state index in [-0.39, 0.29) is 6.61 Å². The second-order valence-corrected chi connectivity index (χ2v) is 6.64. The first kappa shape index (κ1) is 18.7. The zero-order valence-electron chi connectivity index (χ0n) is 14.4. The summed E-state index contributed by atoms with van der Waals surface area (Å²) in [5.41, 5.74) is 6.06. The van der Waals surface area contributed by atoms with E-state index in [1.165, 1.54) is 4.88 Å². The van der Waals surface area contributed by atoms with Gasteiger partial charge in [-0.2, -0.15) is 0 Å². The molecule has 1 heterocycles. The van der Waals surface area contributed by atoms with Crippen LogP contribution in [0.3, 0.4) is 0 Å². The number of aryl methyl sites for hydroxylation is 1. The molecule has 0 saturated carbocycles. The summed E-state index contributed by atoms with van der Waals surface area (Å²) in [6, 6.07) is 7.44. The van der Waals surface area contributed by atoms with Crippen LogP contribution < -0.4 is 21.1 Å². The van der Waals surface area contributed by atoms with Crippen molar-refractivity contribution in [2.24, 2.45) is 10.7 Å². The number of benzene rings is 1. The number of nitrogens with one attached hydrogen (secondary N) is 2. The minimum Gasteiger partial charge on any atom is -0.484 e. The van der Waals surface area contributed by atoms with E-state index >= 15 is 0 Å². The van der Waals surface area contributed by atoms with Crippen LogP contribution in [-0.2, 0) is 17.9 Å². The van der Waals surface area contributed by atoms with Crippen molar-refractivity contribution in [1.29, 1.82) is 0 Å². The van der Waals surface area contributed by atoms with E-state index < -0.39 is 5.91 Å². The third kappa shape index (κ3) is 6.80. The lowest BCUT2D eigenvalue weighted by atomic mass is 10.2. The predicted molar refractivity (Wildman–Crippen MR) is 99.6 cm³/mol. The number of carbonyl (C=O) groups is 1. The van der Waals surface area contributed by atoms with Crippen LogP contribution >= 0.6 is 11.3 Å². The molecule has 2 rings (SSSR count). The summed E-state index contributed by atoms with van der Waals surface area (Å²) >= 11 is 1.66. The van der Waals surface area contributed by atoms with Gasteiger partial charge < -0.3 is 21.1 Å². The van der Waals surface area contributed by atoms with Gasteiger partial charge in [0.2, 0.25) is 0 Å². The third-order valence-electron chi connectivity index (χ3n) is 3.12. The first-order valence-corrected chi connectivity index (χ1v) is 8.82. The number of rotatable bonds is 8. The van der Waals surface area contributed by atoms with Crippen LogP contribution in [0.1, 0.15) is 22.4 Å². The molecule has 8 heteroatoms. The Balaban J connectivity index is 1.95. The molecule has 0 aliphatic heterocycles. The Labute approximate surface area is 151 Å². The van der Waals surface area contributed by atoms with E-state index in [1.54, 1.807) is 17.4 Å². The lowest BCUT2D eigenvalue weighted by Gasteiger charge is -2.10. The molecule has 1 amide bonds. The van der Waals surface area contributed by atoms with E-state index in [0.717, 1.165) is 23.1 Å². The van der Waals surface area contributed by atoms with Gasteiger partial charge in [-0.05, 0) is 31.5 Å². The summed E-state index contributed by atoms with van der Waals surface area (Å²) in [5, 5.41) is 7.50. The number of amides is 1. The topological polar surface area (TPSA) is 102 Å². The number of ether oxygens (including phenoxy) is 1. The number of aliphatic imine (C=N–C) groups is 1. The molecule has 0 aliphatic carbocycles. The quantitative estimate of drug-likeness (QED) is 0.489. The van der Waals surface area contributed by atoms with Gasteiger partial charge in [0.25, 0.3) is 5.91 Å². The molecule has 7 nitrogen and oxygen atoms in total. The zero-order chi connectivity index (χ0) is 18.1. The summed E-state index contributed by atoms with van der Waals surface area (Å²) in [7, 11) is 0. The molecule has 25 heavy (non-hydrogen) atoms. The first-order valence-electron chi connectivity index (χ1n) is 8.00. The Kier molecular flexibility index (Phi) is 7.21. The van der Waals surface area contributed by atoms with Crippen molar-refractivity contribution in [3.05, 3.63) is 45.9 Å². The van der Waals surface area contributed by atoms with Crippen LogP contribution in [0.25, 0.3) is 0 Å². The van der Waals surface area contributed by atoms with E-state index in [0.29, 0.717) is 18.8 Å². The SMILES string of the molecule is CCNC(=NCc1cccc(OCC(N)=O)c1)NCc1ncc(C)s1. The number of hydrogen-bond acceptors (Lipinski definition) is 5. The predicted octanol–water partition coefficient (Wildman–Crippen LogP) is 1.57. The van der Waals surface area contributed by atoms with Gasteiger partial charge in [0.15, 0.2) is 12.6 Å². The highest BCUT2D eigenvalue weighted by Crippen LogP contribution is 2.14. The molecule has 0 unspecified atom stereocenters. The zero-order valence-corrected chi connectivity index (χ0v) is 15.2. The fraction of sp³-hybridized carbons (Fsp3) is 0.353. The lowest BCUT2D eigenvalue weighted by Crippen LogP contribution is -2.36. The van der Waals surface area contributed by atoms with Crippen LogP contribution in [0.2, 0.25) is 0 Å². The van der Waals surface area contributed by atoms with Crippen LogP contribution in [-0.4, -0.2) is 30.0 Å². The number of carbonyl (C=O) groups excluding carboxylic acids is 1. The number of hydrogen-bond donors (Lipinski definition) is 3. The summed E-state index contributed by atoms with van der Waals surface area (Å²) < 4.78 is 5.31. The summed E-state index contributed by atoms with van der Waals surface area (Å²) in [5.74, 6) is 0.820. The first-order chi connectivity index (χ1) is 12.1. The van der Waals surface area contributed by atoms with E-state index in [9.17, 15) is 4.79 Å². The number of thiazole rings is 1. The molecule has 0 atom stereocenters. The van der Waals surface area contributed by atoms with Crippen molar-refractivity contribution < 1.29 is 9.53 Å². The molecule has 0 radical (unpaired) electrons. The van der Waals surface area contributed by atoms with Gasteiger partial charge >= 0.3 is 0 Å². The molecule has 2 aromatic rings. The third-order valence-corrected chi connectivity index (χ3v) is 4.03. The standard InChI is InChI=1S/C17H23N5O2S/c1-3-19-17(22-10-16-20-8-12(2)25-16)21-9-13-5-4-6-14(7-13)24-11-15(18)23/h4-8H,3,9-11H2,1-2H3,(H2,18,23)(H2,19,21,22). The van der Waals surface area contributed by atoms with Gasteiger partial charge in [-0.1, -0.05) is 12.1 Å².